The molecule has 2 heterocycles. The van der Waals surface area contributed by atoms with Crippen LogP contribution in [0.25, 0.3) is 0 Å². The van der Waals surface area contributed by atoms with Gasteiger partial charge in [0.1, 0.15) is 0 Å². The number of nitrogens with zero attached hydrogens (tertiary/aromatic N) is 3. The first-order valence-corrected chi connectivity index (χ1v) is 9.99. The van der Waals surface area contributed by atoms with Gasteiger partial charge in [-0.1, -0.05) is 18.2 Å². The minimum absolute atomic E-state index is 0.0307. The van der Waals surface area contributed by atoms with E-state index in [1.165, 1.54) is 12.1 Å². The molecule has 0 fully saturated rings. The number of nitrogens with two attached hydrogens (primary N) is 1. The van der Waals surface area contributed by atoms with Crippen molar-refractivity contribution in [3.8, 4) is 0 Å². The number of hydrogen-bond acceptors (Lipinski definition) is 3. The van der Waals surface area contributed by atoms with Crippen LogP contribution < -0.4 is 5.73 Å². The van der Waals surface area contributed by atoms with Gasteiger partial charge in [-0.15, -0.1) is 0 Å². The van der Waals surface area contributed by atoms with E-state index in [9.17, 15) is 13.2 Å². The summed E-state index contributed by atoms with van der Waals surface area (Å²) in [6, 6.07) is 10.7. The molecule has 1 unspecified atom stereocenters. The summed E-state index contributed by atoms with van der Waals surface area (Å²) in [5.74, 6) is -0.241. The van der Waals surface area contributed by atoms with Crippen LogP contribution in [0.1, 0.15) is 41.3 Å². The Balaban J connectivity index is 1.71. The van der Waals surface area contributed by atoms with E-state index in [1.807, 2.05) is 12.1 Å². The number of guanidine groups is 1. The number of nitrogens with one attached hydrogen (secondary N) is 2. The van der Waals surface area contributed by atoms with Gasteiger partial charge in [-0.3, -0.25) is 10.4 Å². The van der Waals surface area contributed by atoms with Crippen LogP contribution in [-0.2, 0) is 12.6 Å². The molecule has 0 saturated heterocycles. The van der Waals surface area contributed by atoms with Crippen molar-refractivity contribution in [2.75, 3.05) is 13.1 Å². The fourth-order valence-electron chi connectivity index (χ4n) is 3.49. The van der Waals surface area contributed by atoms with Gasteiger partial charge in [0.05, 0.1) is 11.9 Å². The lowest BCUT2D eigenvalue weighted by molar-refractivity contribution is -0.137. The van der Waals surface area contributed by atoms with Gasteiger partial charge in [-0.05, 0) is 49.1 Å². The van der Waals surface area contributed by atoms with Gasteiger partial charge in [0, 0.05) is 42.8 Å². The molecule has 4 N–H and O–H groups in total. The summed E-state index contributed by atoms with van der Waals surface area (Å²) in [4.78, 5) is 13.2. The molecule has 0 spiro atoms. The van der Waals surface area contributed by atoms with Gasteiger partial charge in [-0.2, -0.15) is 13.2 Å². The van der Waals surface area contributed by atoms with Gasteiger partial charge in [0.2, 0.25) is 0 Å². The molecule has 2 aromatic heterocycles. The number of H-pyrrole nitrogens is 1. The normalized spacial score (nSPS) is 12.5. The molecular formula is C22H25F3N6. The highest BCUT2D eigenvalue weighted by atomic mass is 19.4. The van der Waals surface area contributed by atoms with Crippen LogP contribution >= 0.6 is 0 Å². The Labute approximate surface area is 178 Å². The van der Waals surface area contributed by atoms with Crippen molar-refractivity contribution in [3.05, 3.63) is 83.7 Å². The Kier molecular flexibility index (Phi) is 7.28. The number of hydrogen-bond donors (Lipinski definition) is 3. The molecule has 0 radical (unpaired) electrons. The molecule has 0 aliphatic heterocycles. The molecule has 3 rings (SSSR count). The maximum Gasteiger partial charge on any atom is 0.416 e. The Hall–Kier alpha value is -3.36. The largest absolute Gasteiger partial charge is 0.416 e. The second-order valence-electron chi connectivity index (χ2n) is 7.27. The number of alkyl halides is 3. The van der Waals surface area contributed by atoms with E-state index in [-0.39, 0.29) is 11.9 Å². The fraction of sp³-hybridized carbons (Fsp3) is 0.318. The summed E-state index contributed by atoms with van der Waals surface area (Å²) >= 11 is 0. The number of pyridine rings is 1. The lowest BCUT2D eigenvalue weighted by atomic mass is 9.91. The van der Waals surface area contributed by atoms with Crippen LogP contribution in [0, 0.1) is 5.41 Å². The highest BCUT2D eigenvalue weighted by Gasteiger charge is 2.30. The number of aryl methyl sites for hydroxylation is 1. The van der Waals surface area contributed by atoms with Crippen molar-refractivity contribution in [2.45, 2.75) is 31.4 Å². The van der Waals surface area contributed by atoms with Crippen LogP contribution in [0.15, 0.2) is 61.2 Å². The van der Waals surface area contributed by atoms with Crippen LogP contribution in [-0.4, -0.2) is 38.9 Å². The number of benzene rings is 1. The topological polar surface area (TPSA) is 94.7 Å². The molecule has 1 aromatic carbocycles. The van der Waals surface area contributed by atoms with E-state index in [0.29, 0.717) is 19.5 Å². The number of halogens is 3. The SMILES string of the molecule is N=C(N)N(CCCc1cnc[nH]1)CCC(c1ccc(C(F)(F)F)cc1)c1ccccn1. The summed E-state index contributed by atoms with van der Waals surface area (Å²) < 4.78 is 38.8. The number of imidazole rings is 1. The maximum absolute atomic E-state index is 12.9. The molecule has 0 amide bonds. The Morgan fingerprint density at radius 1 is 1.13 bits per heavy atom. The van der Waals surface area contributed by atoms with Gasteiger partial charge in [-0.25, -0.2) is 4.98 Å². The quantitative estimate of drug-likeness (QED) is 0.351. The number of aromatic amines is 1. The van der Waals surface area contributed by atoms with E-state index in [2.05, 4.69) is 15.0 Å². The molecule has 31 heavy (non-hydrogen) atoms. The standard InChI is InChI=1S/C22H25F3N6/c23-22(24,25)17-8-6-16(7-9-17)19(20-5-1-2-11-29-20)10-13-31(21(26)27)12-3-4-18-14-28-15-30-18/h1-2,5-9,11,14-15,19H,3-4,10,12-13H2,(H3,26,27)(H,28,30). The van der Waals surface area contributed by atoms with E-state index < -0.39 is 11.7 Å². The maximum atomic E-state index is 12.9. The van der Waals surface area contributed by atoms with Crippen molar-refractivity contribution in [1.82, 2.24) is 19.9 Å². The predicted octanol–water partition coefficient (Wildman–Crippen LogP) is 4.17. The van der Waals surface area contributed by atoms with E-state index in [4.69, 9.17) is 11.1 Å². The molecule has 1 atom stereocenters. The smallest absolute Gasteiger partial charge is 0.370 e. The summed E-state index contributed by atoms with van der Waals surface area (Å²) in [5, 5.41) is 7.90. The zero-order valence-electron chi connectivity index (χ0n) is 16.9. The highest BCUT2D eigenvalue weighted by molar-refractivity contribution is 5.74. The number of rotatable bonds is 9. The van der Waals surface area contributed by atoms with Crippen LogP contribution in [0.2, 0.25) is 0 Å². The predicted molar refractivity (Wildman–Crippen MR) is 113 cm³/mol. The highest BCUT2D eigenvalue weighted by Crippen LogP contribution is 2.32. The Bertz CT molecular complexity index is 940. The summed E-state index contributed by atoms with van der Waals surface area (Å²) in [6.45, 7) is 1.08. The van der Waals surface area contributed by atoms with Crippen molar-refractivity contribution in [2.24, 2.45) is 5.73 Å². The third-order valence-corrected chi connectivity index (χ3v) is 5.14. The van der Waals surface area contributed by atoms with Crippen molar-refractivity contribution in [1.29, 1.82) is 5.41 Å². The van der Waals surface area contributed by atoms with Gasteiger partial charge >= 0.3 is 6.18 Å². The van der Waals surface area contributed by atoms with Gasteiger partial charge < -0.3 is 15.6 Å². The van der Waals surface area contributed by atoms with Gasteiger partial charge in [0.25, 0.3) is 0 Å². The zero-order valence-corrected chi connectivity index (χ0v) is 16.9. The lowest BCUT2D eigenvalue weighted by Gasteiger charge is -2.26. The first kappa shape index (κ1) is 22.3. The van der Waals surface area contributed by atoms with Gasteiger partial charge in [0.15, 0.2) is 5.96 Å². The average Bonchev–Trinajstić information content (AvgIpc) is 3.26. The summed E-state index contributed by atoms with van der Waals surface area (Å²) in [5.41, 5.74) is 7.62. The molecule has 0 aliphatic rings. The van der Waals surface area contributed by atoms with Crippen LogP contribution in [0.4, 0.5) is 13.2 Å². The second-order valence-corrected chi connectivity index (χ2v) is 7.27. The van der Waals surface area contributed by atoms with Crippen LogP contribution in [0.3, 0.4) is 0 Å². The Morgan fingerprint density at radius 2 is 1.90 bits per heavy atom. The van der Waals surface area contributed by atoms with Crippen molar-refractivity contribution < 1.29 is 13.2 Å². The molecule has 0 aliphatic carbocycles. The van der Waals surface area contributed by atoms with Crippen LogP contribution in [0.5, 0.6) is 0 Å². The first-order valence-electron chi connectivity index (χ1n) is 9.99. The minimum atomic E-state index is -4.38. The second kappa shape index (κ2) is 10.1. The minimum Gasteiger partial charge on any atom is -0.370 e. The fourth-order valence-corrected chi connectivity index (χ4v) is 3.49. The molecule has 164 valence electrons. The Morgan fingerprint density at radius 3 is 2.48 bits per heavy atom. The van der Waals surface area contributed by atoms with E-state index >= 15 is 0 Å². The average molecular weight is 430 g/mol. The first-order chi connectivity index (χ1) is 14.8. The molecule has 9 heteroatoms. The van der Waals surface area contributed by atoms with Crippen molar-refractivity contribution >= 4 is 5.96 Å². The molecule has 3 aromatic rings. The van der Waals surface area contributed by atoms with Crippen molar-refractivity contribution in [3.63, 3.8) is 0 Å². The zero-order chi connectivity index (χ0) is 22.3. The third kappa shape index (κ3) is 6.31. The monoisotopic (exact) mass is 430 g/mol. The molecule has 0 saturated carbocycles. The lowest BCUT2D eigenvalue weighted by Crippen LogP contribution is -2.38. The number of aromatic nitrogens is 3. The van der Waals surface area contributed by atoms with E-state index in [0.717, 1.165) is 41.9 Å². The molecule has 6 nitrogen and oxygen atoms in total. The van der Waals surface area contributed by atoms with E-state index in [1.54, 1.807) is 29.7 Å². The summed E-state index contributed by atoms with van der Waals surface area (Å²) in [7, 11) is 0. The summed E-state index contributed by atoms with van der Waals surface area (Å²) in [6.07, 6.45) is 2.81. The third-order valence-electron chi connectivity index (χ3n) is 5.14. The molecule has 0 bridgehead atoms. The molecular weight excluding hydrogens is 405 g/mol.